The van der Waals surface area contributed by atoms with Crippen LogP contribution in [0.15, 0.2) is 16.6 Å². The predicted octanol–water partition coefficient (Wildman–Crippen LogP) is 2.26. The molecule has 0 heterocycles. The standard InChI is InChI=1S/C11H12BrClNO4/c1-17-10(15)6-14(16)5-7-9(13)4-3-8(12)11(7)18-2/h3-4,6,16H,5H2,1-2H3/q+1/b14-6-. The number of carbonyl (C=O) groups is 1. The number of hydroxylamine groups is 1. The zero-order chi connectivity index (χ0) is 13.7. The Hall–Kier alpha value is -1.27. The fourth-order valence-electron chi connectivity index (χ4n) is 1.33. The van der Waals surface area contributed by atoms with Gasteiger partial charge in [-0.1, -0.05) is 11.6 Å². The van der Waals surface area contributed by atoms with Crippen molar-refractivity contribution in [2.24, 2.45) is 0 Å². The number of hydrogen-bond acceptors (Lipinski definition) is 4. The van der Waals surface area contributed by atoms with E-state index in [4.69, 9.17) is 16.3 Å². The minimum Gasteiger partial charge on any atom is -0.495 e. The van der Waals surface area contributed by atoms with Gasteiger partial charge in [-0.25, -0.2) is 4.79 Å². The van der Waals surface area contributed by atoms with Gasteiger partial charge in [-0.15, -0.1) is 0 Å². The Bertz CT molecular complexity index is 490. The van der Waals surface area contributed by atoms with Gasteiger partial charge in [-0.2, -0.15) is 0 Å². The Balaban J connectivity index is 3.07. The third-order valence-corrected chi connectivity index (χ3v) is 3.11. The van der Waals surface area contributed by atoms with Crippen molar-refractivity contribution in [1.82, 2.24) is 0 Å². The van der Waals surface area contributed by atoms with Crippen molar-refractivity contribution in [1.29, 1.82) is 0 Å². The zero-order valence-corrected chi connectivity index (χ0v) is 12.2. The van der Waals surface area contributed by atoms with Crippen LogP contribution in [-0.2, 0) is 16.1 Å². The summed E-state index contributed by atoms with van der Waals surface area (Å²) in [6.45, 7) is -0.00343. The zero-order valence-electron chi connectivity index (χ0n) is 9.81. The Morgan fingerprint density at radius 3 is 2.78 bits per heavy atom. The maximum absolute atomic E-state index is 11.0. The van der Waals surface area contributed by atoms with Gasteiger partial charge in [0.15, 0.2) is 0 Å². The number of rotatable bonds is 4. The first-order valence-electron chi connectivity index (χ1n) is 4.88. The van der Waals surface area contributed by atoms with Crippen LogP contribution in [0, 0.1) is 0 Å². The van der Waals surface area contributed by atoms with E-state index in [-0.39, 0.29) is 6.54 Å². The Morgan fingerprint density at radius 1 is 1.56 bits per heavy atom. The van der Waals surface area contributed by atoms with Crippen LogP contribution >= 0.6 is 27.5 Å². The summed E-state index contributed by atoms with van der Waals surface area (Å²) >= 11 is 9.34. The Labute approximate surface area is 118 Å². The quantitative estimate of drug-likeness (QED) is 0.301. The van der Waals surface area contributed by atoms with Crippen LogP contribution in [0.1, 0.15) is 5.56 Å². The molecule has 1 N–H and O–H groups in total. The summed E-state index contributed by atoms with van der Waals surface area (Å²) in [5, 5.41) is 10.0. The molecular formula is C11H12BrClNO4+. The number of hydrogen-bond donors (Lipinski definition) is 1. The van der Waals surface area contributed by atoms with Crippen molar-refractivity contribution in [2.75, 3.05) is 14.2 Å². The Kier molecular flexibility index (Phi) is 5.43. The van der Waals surface area contributed by atoms with Gasteiger partial charge in [-0.3, -0.25) is 5.21 Å². The number of esters is 1. The molecule has 1 aromatic carbocycles. The van der Waals surface area contributed by atoms with Crippen molar-refractivity contribution in [3.63, 3.8) is 0 Å². The smallest absolute Gasteiger partial charge is 0.399 e. The van der Waals surface area contributed by atoms with Gasteiger partial charge in [0.25, 0.3) is 6.21 Å². The lowest BCUT2D eigenvalue weighted by Crippen LogP contribution is -2.16. The summed E-state index contributed by atoms with van der Waals surface area (Å²) in [4.78, 5) is 11.0. The van der Waals surface area contributed by atoms with E-state index >= 15 is 0 Å². The molecule has 0 spiro atoms. The van der Waals surface area contributed by atoms with Crippen LogP contribution in [-0.4, -0.2) is 36.3 Å². The van der Waals surface area contributed by atoms with Crippen molar-refractivity contribution >= 4 is 39.7 Å². The van der Waals surface area contributed by atoms with Gasteiger partial charge < -0.3 is 9.47 Å². The van der Waals surface area contributed by atoms with Crippen molar-refractivity contribution in [3.8, 4) is 5.75 Å². The monoisotopic (exact) mass is 336 g/mol. The maximum atomic E-state index is 11.0. The number of benzene rings is 1. The number of halogens is 2. The molecule has 0 aliphatic rings. The van der Waals surface area contributed by atoms with E-state index in [1.165, 1.54) is 14.2 Å². The molecule has 0 fully saturated rings. The Morgan fingerprint density at radius 2 is 2.22 bits per heavy atom. The van der Waals surface area contributed by atoms with Crippen molar-refractivity contribution < 1.29 is 24.2 Å². The summed E-state index contributed by atoms with van der Waals surface area (Å²) in [6, 6.07) is 3.39. The van der Waals surface area contributed by atoms with E-state index in [1.807, 2.05) is 0 Å². The van der Waals surface area contributed by atoms with Gasteiger partial charge >= 0.3 is 5.97 Å². The molecule has 0 radical (unpaired) electrons. The second kappa shape index (κ2) is 6.61. The molecule has 98 valence electrons. The summed E-state index contributed by atoms with van der Waals surface area (Å²) in [7, 11) is 2.71. The van der Waals surface area contributed by atoms with Crippen LogP contribution in [0.3, 0.4) is 0 Å². The molecule has 18 heavy (non-hydrogen) atoms. The summed E-state index contributed by atoms with van der Waals surface area (Å²) < 4.78 is 11.0. The van der Waals surface area contributed by atoms with Gasteiger partial charge in [0.2, 0.25) is 6.54 Å². The number of nitrogens with zero attached hydrogens (tertiary/aromatic N) is 1. The number of ether oxygens (including phenoxy) is 2. The van der Waals surface area contributed by atoms with Gasteiger partial charge in [-0.05, 0) is 32.8 Å². The lowest BCUT2D eigenvalue weighted by Gasteiger charge is -2.09. The molecule has 0 saturated heterocycles. The highest BCUT2D eigenvalue weighted by atomic mass is 79.9. The topological polar surface area (TPSA) is 58.8 Å². The minimum atomic E-state index is -0.664. The first-order valence-corrected chi connectivity index (χ1v) is 6.06. The van der Waals surface area contributed by atoms with E-state index in [2.05, 4.69) is 20.7 Å². The second-order valence-electron chi connectivity index (χ2n) is 3.29. The van der Waals surface area contributed by atoms with Crippen LogP contribution in [0.2, 0.25) is 5.02 Å². The summed E-state index contributed by atoms with van der Waals surface area (Å²) in [6.07, 6.45) is 0.913. The van der Waals surface area contributed by atoms with Crippen LogP contribution in [0.25, 0.3) is 0 Å². The van der Waals surface area contributed by atoms with E-state index in [1.54, 1.807) is 12.1 Å². The molecule has 0 aliphatic carbocycles. The van der Waals surface area contributed by atoms with E-state index in [0.717, 1.165) is 6.21 Å². The molecular weight excluding hydrogens is 325 g/mol. The van der Waals surface area contributed by atoms with E-state index in [0.29, 0.717) is 25.5 Å². The normalized spacial score (nSPS) is 11.2. The largest absolute Gasteiger partial charge is 0.495 e. The molecule has 5 nitrogen and oxygen atoms in total. The molecule has 0 saturated carbocycles. The SMILES string of the molecule is COC(=O)/C=[N+](\O)Cc1c(Cl)ccc(Br)c1OC. The third kappa shape index (κ3) is 3.61. The van der Waals surface area contributed by atoms with E-state index < -0.39 is 5.97 Å². The summed E-state index contributed by atoms with van der Waals surface area (Å²) in [5.74, 6) is -0.164. The van der Waals surface area contributed by atoms with Crippen LogP contribution < -0.4 is 4.74 Å². The molecule has 0 aliphatic heterocycles. The van der Waals surface area contributed by atoms with Crippen LogP contribution in [0.4, 0.5) is 0 Å². The van der Waals surface area contributed by atoms with Crippen molar-refractivity contribution in [2.45, 2.75) is 6.54 Å². The number of methoxy groups -OCH3 is 2. The van der Waals surface area contributed by atoms with Crippen LogP contribution in [0.5, 0.6) is 5.75 Å². The van der Waals surface area contributed by atoms with Crippen molar-refractivity contribution in [3.05, 3.63) is 27.2 Å². The highest BCUT2D eigenvalue weighted by molar-refractivity contribution is 9.10. The second-order valence-corrected chi connectivity index (χ2v) is 4.55. The average molecular weight is 338 g/mol. The lowest BCUT2D eigenvalue weighted by molar-refractivity contribution is -0.783. The molecule has 1 rings (SSSR count). The summed E-state index contributed by atoms with van der Waals surface area (Å²) in [5.41, 5.74) is 0.552. The van der Waals surface area contributed by atoms with Gasteiger partial charge in [0.1, 0.15) is 5.75 Å². The first kappa shape index (κ1) is 14.8. The molecule has 0 aromatic heterocycles. The molecule has 0 amide bonds. The average Bonchev–Trinajstić information content (AvgIpc) is 2.34. The highest BCUT2D eigenvalue weighted by Crippen LogP contribution is 2.34. The molecule has 7 heteroatoms. The molecule has 0 atom stereocenters. The lowest BCUT2D eigenvalue weighted by atomic mass is 10.2. The maximum Gasteiger partial charge on any atom is 0.399 e. The van der Waals surface area contributed by atoms with E-state index in [9.17, 15) is 10.0 Å². The first-order chi connectivity index (χ1) is 8.49. The minimum absolute atomic E-state index is 0.00343. The van der Waals surface area contributed by atoms with Gasteiger partial charge in [0.05, 0.1) is 29.3 Å². The molecule has 0 unspecified atom stereocenters. The number of carbonyl (C=O) groups excluding carboxylic acids is 1. The fraction of sp³-hybridized carbons (Fsp3) is 0.273. The highest BCUT2D eigenvalue weighted by Gasteiger charge is 2.18. The molecule has 0 bridgehead atoms. The molecule has 1 aromatic rings. The third-order valence-electron chi connectivity index (χ3n) is 2.14. The predicted molar refractivity (Wildman–Crippen MR) is 69.5 cm³/mol. The fourth-order valence-corrected chi connectivity index (χ4v) is 2.07. The van der Waals surface area contributed by atoms with Gasteiger partial charge in [0, 0.05) is 0 Å².